The highest BCUT2D eigenvalue weighted by molar-refractivity contribution is 5.63. The van der Waals surface area contributed by atoms with Crippen LogP contribution in [-0.4, -0.2) is 11.5 Å². The maximum absolute atomic E-state index is 4.34. The summed E-state index contributed by atoms with van der Waals surface area (Å²) in [6.45, 7) is 10.9. The van der Waals surface area contributed by atoms with Gasteiger partial charge in [-0.1, -0.05) is 12.2 Å². The fourth-order valence-corrected chi connectivity index (χ4v) is 1.34. The Balaban J connectivity index is 3.04. The van der Waals surface area contributed by atoms with Crippen molar-refractivity contribution < 1.29 is 0 Å². The Bertz CT molecular complexity index is 378. The molecule has 0 unspecified atom stereocenters. The summed E-state index contributed by atoms with van der Waals surface area (Å²) in [4.78, 5) is 4.34. The molecule has 0 aromatic carbocycles. The second-order valence-corrected chi connectivity index (χ2v) is 3.65. The number of hydrogen-bond acceptors (Lipinski definition) is 2. The number of rotatable bonds is 4. The fraction of sp³-hybridized carbons (Fsp3) is 0.308. The third-order valence-corrected chi connectivity index (χ3v) is 1.95. The van der Waals surface area contributed by atoms with E-state index < -0.39 is 0 Å². The average Bonchev–Trinajstić information content (AvgIpc) is 2.16. The van der Waals surface area contributed by atoms with Crippen molar-refractivity contribution >= 4 is 5.70 Å². The lowest BCUT2D eigenvalue weighted by Crippen LogP contribution is -2.12. The van der Waals surface area contributed by atoms with Gasteiger partial charge in [-0.2, -0.15) is 0 Å². The van der Waals surface area contributed by atoms with Gasteiger partial charge >= 0.3 is 0 Å². The van der Waals surface area contributed by atoms with Crippen molar-refractivity contribution in [3.63, 3.8) is 0 Å². The standard InChI is InChI=1S/C13H18N2/c1-5-14-12(8-10(2)3)13-9-11(4)6-7-15-13/h6-9,14H,2,5H2,1,3-4H3/b12-8-. The van der Waals surface area contributed by atoms with Gasteiger partial charge in [0.25, 0.3) is 0 Å². The highest BCUT2D eigenvalue weighted by Gasteiger charge is 2.01. The number of aryl methyl sites for hydroxylation is 1. The van der Waals surface area contributed by atoms with Crippen LogP contribution < -0.4 is 5.32 Å². The predicted molar refractivity (Wildman–Crippen MR) is 65.4 cm³/mol. The zero-order chi connectivity index (χ0) is 11.3. The molecule has 0 saturated heterocycles. The van der Waals surface area contributed by atoms with Crippen molar-refractivity contribution in [2.24, 2.45) is 0 Å². The van der Waals surface area contributed by atoms with E-state index in [1.54, 1.807) is 0 Å². The minimum atomic E-state index is 0.884. The van der Waals surface area contributed by atoms with Gasteiger partial charge in [-0.3, -0.25) is 4.98 Å². The summed E-state index contributed by atoms with van der Waals surface area (Å²) in [5, 5.41) is 3.30. The Kier molecular flexibility index (Phi) is 4.10. The summed E-state index contributed by atoms with van der Waals surface area (Å²) in [6.07, 6.45) is 3.85. The Hall–Kier alpha value is -1.57. The number of pyridine rings is 1. The molecule has 0 radical (unpaired) electrons. The van der Waals surface area contributed by atoms with Crippen LogP contribution in [0.15, 0.2) is 36.6 Å². The summed E-state index contributed by atoms with van der Waals surface area (Å²) in [5.74, 6) is 0. The van der Waals surface area contributed by atoms with E-state index in [1.807, 2.05) is 25.3 Å². The molecule has 1 N–H and O–H groups in total. The second-order valence-electron chi connectivity index (χ2n) is 3.65. The minimum Gasteiger partial charge on any atom is -0.384 e. The van der Waals surface area contributed by atoms with E-state index in [4.69, 9.17) is 0 Å². The molecule has 1 rings (SSSR count). The number of nitrogens with zero attached hydrogens (tertiary/aromatic N) is 1. The summed E-state index contributed by atoms with van der Waals surface area (Å²) in [5.41, 5.74) is 4.24. The van der Waals surface area contributed by atoms with E-state index >= 15 is 0 Å². The largest absolute Gasteiger partial charge is 0.384 e. The minimum absolute atomic E-state index is 0.884. The van der Waals surface area contributed by atoms with Gasteiger partial charge in [0, 0.05) is 12.7 Å². The van der Waals surface area contributed by atoms with Crippen LogP contribution in [0.3, 0.4) is 0 Å². The highest BCUT2D eigenvalue weighted by Crippen LogP contribution is 2.11. The summed E-state index contributed by atoms with van der Waals surface area (Å²) in [7, 11) is 0. The fourth-order valence-electron chi connectivity index (χ4n) is 1.34. The zero-order valence-corrected chi connectivity index (χ0v) is 9.67. The van der Waals surface area contributed by atoms with Crippen LogP contribution in [-0.2, 0) is 0 Å². The lowest BCUT2D eigenvalue weighted by atomic mass is 10.1. The normalized spacial score (nSPS) is 11.3. The molecule has 0 amide bonds. The summed E-state index contributed by atoms with van der Waals surface area (Å²) < 4.78 is 0. The van der Waals surface area contributed by atoms with Crippen LogP contribution in [0.2, 0.25) is 0 Å². The van der Waals surface area contributed by atoms with Gasteiger partial charge in [0.1, 0.15) is 0 Å². The van der Waals surface area contributed by atoms with Crippen LogP contribution in [0.5, 0.6) is 0 Å². The van der Waals surface area contributed by atoms with Crippen LogP contribution in [0, 0.1) is 6.92 Å². The Morgan fingerprint density at radius 2 is 2.33 bits per heavy atom. The molecule has 0 aliphatic rings. The lowest BCUT2D eigenvalue weighted by molar-refractivity contribution is 0.929. The lowest BCUT2D eigenvalue weighted by Gasteiger charge is -2.09. The third-order valence-electron chi connectivity index (χ3n) is 1.95. The maximum atomic E-state index is 4.34. The molecule has 0 spiro atoms. The van der Waals surface area contributed by atoms with Gasteiger partial charge in [-0.15, -0.1) is 0 Å². The van der Waals surface area contributed by atoms with Gasteiger partial charge < -0.3 is 5.32 Å². The molecule has 80 valence electrons. The first-order chi connectivity index (χ1) is 7.13. The molecule has 2 heteroatoms. The van der Waals surface area contributed by atoms with Crippen molar-refractivity contribution in [1.82, 2.24) is 10.3 Å². The number of allylic oxidation sites excluding steroid dienone is 2. The first-order valence-corrected chi connectivity index (χ1v) is 5.17. The van der Waals surface area contributed by atoms with Crippen molar-refractivity contribution in [2.45, 2.75) is 20.8 Å². The van der Waals surface area contributed by atoms with E-state index in [0.717, 1.165) is 23.5 Å². The van der Waals surface area contributed by atoms with Gasteiger partial charge in [0.15, 0.2) is 0 Å². The smallest absolute Gasteiger partial charge is 0.0863 e. The van der Waals surface area contributed by atoms with Crippen LogP contribution in [0.1, 0.15) is 25.1 Å². The third kappa shape index (κ3) is 3.58. The SMILES string of the molecule is C=C(C)/C=C(\NCC)c1cc(C)ccn1. The Labute approximate surface area is 91.7 Å². The first kappa shape index (κ1) is 11.5. The summed E-state index contributed by atoms with van der Waals surface area (Å²) in [6, 6.07) is 4.06. The molecule has 15 heavy (non-hydrogen) atoms. The topological polar surface area (TPSA) is 24.9 Å². The number of aromatic nitrogens is 1. The molecule has 0 atom stereocenters. The molecule has 1 heterocycles. The second kappa shape index (κ2) is 5.35. The van der Waals surface area contributed by atoms with Gasteiger partial charge in [-0.25, -0.2) is 0 Å². The monoisotopic (exact) mass is 202 g/mol. The van der Waals surface area contributed by atoms with Crippen LogP contribution in [0.4, 0.5) is 0 Å². The van der Waals surface area contributed by atoms with Crippen molar-refractivity contribution in [2.75, 3.05) is 6.54 Å². The van der Waals surface area contributed by atoms with Gasteiger partial charge in [-0.05, 0) is 44.5 Å². The molecule has 0 fully saturated rings. The molecule has 0 aliphatic heterocycles. The molecular formula is C13H18N2. The molecule has 0 saturated carbocycles. The van der Waals surface area contributed by atoms with Crippen LogP contribution in [0.25, 0.3) is 5.70 Å². The Morgan fingerprint density at radius 3 is 2.87 bits per heavy atom. The molecule has 1 aromatic rings. The van der Waals surface area contributed by atoms with E-state index in [1.165, 1.54) is 5.56 Å². The van der Waals surface area contributed by atoms with Gasteiger partial charge in [0.05, 0.1) is 11.4 Å². The van der Waals surface area contributed by atoms with Gasteiger partial charge in [0.2, 0.25) is 0 Å². The van der Waals surface area contributed by atoms with Crippen molar-refractivity contribution in [3.05, 3.63) is 47.8 Å². The van der Waals surface area contributed by atoms with Crippen LogP contribution >= 0.6 is 0 Å². The Morgan fingerprint density at radius 1 is 1.60 bits per heavy atom. The van der Waals surface area contributed by atoms with E-state index in [9.17, 15) is 0 Å². The molecule has 2 nitrogen and oxygen atoms in total. The summed E-state index contributed by atoms with van der Waals surface area (Å²) >= 11 is 0. The van der Waals surface area contributed by atoms with Crippen molar-refractivity contribution in [1.29, 1.82) is 0 Å². The highest BCUT2D eigenvalue weighted by atomic mass is 14.9. The average molecular weight is 202 g/mol. The number of nitrogens with one attached hydrogen (secondary N) is 1. The van der Waals surface area contributed by atoms with E-state index in [-0.39, 0.29) is 0 Å². The zero-order valence-electron chi connectivity index (χ0n) is 9.67. The number of hydrogen-bond donors (Lipinski definition) is 1. The molecule has 0 bridgehead atoms. The van der Waals surface area contributed by atoms with Crippen molar-refractivity contribution in [3.8, 4) is 0 Å². The van der Waals surface area contributed by atoms with E-state index in [2.05, 4.69) is 36.8 Å². The first-order valence-electron chi connectivity index (χ1n) is 5.17. The predicted octanol–water partition coefficient (Wildman–Crippen LogP) is 2.92. The molecule has 1 aromatic heterocycles. The van der Waals surface area contributed by atoms with E-state index in [0.29, 0.717) is 0 Å². The maximum Gasteiger partial charge on any atom is 0.0863 e. The molecular weight excluding hydrogens is 184 g/mol. The quantitative estimate of drug-likeness (QED) is 0.759. The molecule has 0 aliphatic carbocycles.